The SMILES string of the molecule is O=C(CCSCc1nc2sc3c(c2c(=O)[nH]1)CCCC3)NCc1ccc(OC2CCCC2)nc1. The lowest BCUT2D eigenvalue weighted by Gasteiger charge is -2.12. The molecule has 2 aliphatic carbocycles. The standard InChI is InChI=1S/C25H30N4O3S2/c30-21(26-13-16-9-10-22(27-14-16)32-17-5-1-2-6-17)11-12-33-15-20-28-24(31)23-18-7-3-4-8-19(18)34-25(23)29-20/h9-10,14,17H,1-8,11-13,15H2,(H,26,30)(H,28,29,31). The summed E-state index contributed by atoms with van der Waals surface area (Å²) in [5.74, 6) is 2.61. The minimum atomic E-state index is -0.0222. The molecule has 7 nitrogen and oxygen atoms in total. The van der Waals surface area contributed by atoms with E-state index in [0.717, 1.165) is 47.9 Å². The third-order valence-electron chi connectivity index (χ3n) is 6.46. The van der Waals surface area contributed by atoms with E-state index in [9.17, 15) is 9.59 Å². The second kappa shape index (κ2) is 10.9. The first-order chi connectivity index (χ1) is 16.7. The van der Waals surface area contributed by atoms with Gasteiger partial charge < -0.3 is 15.0 Å². The van der Waals surface area contributed by atoms with E-state index in [1.165, 1.54) is 29.7 Å². The largest absolute Gasteiger partial charge is 0.474 e. The molecule has 0 bridgehead atoms. The van der Waals surface area contributed by atoms with Crippen LogP contribution in [0, 0.1) is 0 Å². The Balaban J connectivity index is 1.05. The summed E-state index contributed by atoms with van der Waals surface area (Å²) in [4.78, 5) is 39.0. The Hall–Kier alpha value is -2.39. The lowest BCUT2D eigenvalue weighted by atomic mass is 9.97. The highest BCUT2D eigenvalue weighted by atomic mass is 32.2. The van der Waals surface area contributed by atoms with Crippen LogP contribution in [-0.4, -0.2) is 32.7 Å². The Morgan fingerprint density at radius 1 is 1.21 bits per heavy atom. The molecule has 3 aromatic heterocycles. The van der Waals surface area contributed by atoms with Crippen molar-refractivity contribution in [2.75, 3.05) is 5.75 Å². The molecule has 1 amide bonds. The highest BCUT2D eigenvalue weighted by Crippen LogP contribution is 2.33. The van der Waals surface area contributed by atoms with Crippen molar-refractivity contribution in [2.45, 2.75) is 76.2 Å². The number of thioether (sulfide) groups is 1. The Labute approximate surface area is 207 Å². The molecule has 0 unspecified atom stereocenters. The molecule has 3 aromatic rings. The Morgan fingerprint density at radius 2 is 2.06 bits per heavy atom. The lowest BCUT2D eigenvalue weighted by Crippen LogP contribution is -2.23. The summed E-state index contributed by atoms with van der Waals surface area (Å²) in [6, 6.07) is 3.83. The maximum absolute atomic E-state index is 12.6. The number of aromatic nitrogens is 3. The van der Waals surface area contributed by atoms with Crippen LogP contribution in [0.5, 0.6) is 5.88 Å². The summed E-state index contributed by atoms with van der Waals surface area (Å²) in [5, 5.41) is 3.74. The quantitative estimate of drug-likeness (QED) is 0.421. The van der Waals surface area contributed by atoms with Gasteiger partial charge in [0.05, 0.1) is 11.1 Å². The Morgan fingerprint density at radius 3 is 2.88 bits per heavy atom. The van der Waals surface area contributed by atoms with Gasteiger partial charge in [-0.25, -0.2) is 9.97 Å². The van der Waals surface area contributed by atoms with E-state index in [1.54, 1.807) is 29.3 Å². The van der Waals surface area contributed by atoms with Gasteiger partial charge in [0.2, 0.25) is 11.8 Å². The van der Waals surface area contributed by atoms with Crippen LogP contribution in [0.15, 0.2) is 23.1 Å². The van der Waals surface area contributed by atoms with Crippen molar-refractivity contribution in [2.24, 2.45) is 0 Å². The summed E-state index contributed by atoms with van der Waals surface area (Å²) >= 11 is 3.28. The number of rotatable bonds is 9. The van der Waals surface area contributed by atoms with Crippen molar-refractivity contribution in [1.29, 1.82) is 0 Å². The van der Waals surface area contributed by atoms with Crippen molar-refractivity contribution in [3.05, 3.63) is 50.5 Å². The second-order valence-electron chi connectivity index (χ2n) is 9.01. The molecule has 0 aromatic carbocycles. The van der Waals surface area contributed by atoms with Crippen LogP contribution in [0.3, 0.4) is 0 Å². The first-order valence-electron chi connectivity index (χ1n) is 12.1. The predicted octanol–water partition coefficient (Wildman–Crippen LogP) is 4.52. The van der Waals surface area contributed by atoms with E-state index in [1.807, 2.05) is 12.1 Å². The topological polar surface area (TPSA) is 97.0 Å². The Kier molecular flexibility index (Phi) is 7.49. The predicted molar refractivity (Wildman–Crippen MR) is 137 cm³/mol. The molecule has 1 saturated carbocycles. The number of fused-ring (bicyclic) bond motifs is 3. The van der Waals surface area contributed by atoms with Crippen molar-refractivity contribution >= 4 is 39.2 Å². The van der Waals surface area contributed by atoms with Gasteiger partial charge in [0, 0.05) is 35.9 Å². The van der Waals surface area contributed by atoms with Crippen LogP contribution in [0.25, 0.3) is 10.2 Å². The van der Waals surface area contributed by atoms with Crippen molar-refractivity contribution < 1.29 is 9.53 Å². The fourth-order valence-electron chi connectivity index (χ4n) is 4.66. The van der Waals surface area contributed by atoms with Gasteiger partial charge in [-0.15, -0.1) is 11.3 Å². The first kappa shape index (κ1) is 23.4. The van der Waals surface area contributed by atoms with Gasteiger partial charge in [-0.05, 0) is 62.5 Å². The average molecular weight is 499 g/mol. The fourth-order valence-corrected chi connectivity index (χ4v) is 6.75. The van der Waals surface area contributed by atoms with E-state index in [2.05, 4.69) is 15.3 Å². The zero-order valence-corrected chi connectivity index (χ0v) is 20.9. The number of hydrogen-bond acceptors (Lipinski definition) is 7. The summed E-state index contributed by atoms with van der Waals surface area (Å²) in [7, 11) is 0. The lowest BCUT2D eigenvalue weighted by molar-refractivity contribution is -0.120. The number of hydrogen-bond donors (Lipinski definition) is 2. The van der Waals surface area contributed by atoms with Gasteiger partial charge in [-0.3, -0.25) is 9.59 Å². The van der Waals surface area contributed by atoms with Gasteiger partial charge in [0.15, 0.2) is 0 Å². The van der Waals surface area contributed by atoms with Crippen LogP contribution in [0.2, 0.25) is 0 Å². The number of nitrogens with zero attached hydrogens (tertiary/aromatic N) is 2. The number of aryl methyl sites for hydroxylation is 2. The van der Waals surface area contributed by atoms with Gasteiger partial charge in [-0.2, -0.15) is 11.8 Å². The molecule has 34 heavy (non-hydrogen) atoms. The number of amides is 1. The zero-order chi connectivity index (χ0) is 23.3. The third-order valence-corrected chi connectivity index (χ3v) is 8.62. The van der Waals surface area contributed by atoms with Crippen LogP contribution in [-0.2, 0) is 29.9 Å². The molecule has 180 valence electrons. The summed E-state index contributed by atoms with van der Waals surface area (Å²) < 4.78 is 5.88. The minimum absolute atomic E-state index is 0.00150. The number of H-pyrrole nitrogens is 1. The fraction of sp³-hybridized carbons (Fsp3) is 0.520. The van der Waals surface area contributed by atoms with Gasteiger partial charge in [0.1, 0.15) is 16.8 Å². The number of carbonyl (C=O) groups is 1. The first-order valence-corrected chi connectivity index (χ1v) is 14.1. The number of pyridine rings is 1. The van der Waals surface area contributed by atoms with Crippen LogP contribution >= 0.6 is 23.1 Å². The van der Waals surface area contributed by atoms with Crippen molar-refractivity contribution in [3.8, 4) is 5.88 Å². The van der Waals surface area contributed by atoms with Crippen LogP contribution < -0.4 is 15.6 Å². The van der Waals surface area contributed by atoms with Crippen molar-refractivity contribution in [3.63, 3.8) is 0 Å². The average Bonchev–Trinajstić information content (AvgIpc) is 3.49. The maximum atomic E-state index is 12.6. The normalized spacial score (nSPS) is 16.0. The molecule has 0 saturated heterocycles. The van der Waals surface area contributed by atoms with Crippen LogP contribution in [0.1, 0.15) is 66.8 Å². The molecule has 0 spiro atoms. The zero-order valence-electron chi connectivity index (χ0n) is 19.2. The minimum Gasteiger partial charge on any atom is -0.474 e. The molecule has 0 aliphatic heterocycles. The van der Waals surface area contributed by atoms with Gasteiger partial charge in [-0.1, -0.05) is 6.07 Å². The van der Waals surface area contributed by atoms with Crippen molar-refractivity contribution in [1.82, 2.24) is 20.3 Å². The van der Waals surface area contributed by atoms with Gasteiger partial charge >= 0.3 is 0 Å². The molecule has 2 N–H and O–H groups in total. The number of ether oxygens (including phenoxy) is 1. The van der Waals surface area contributed by atoms with E-state index >= 15 is 0 Å². The monoisotopic (exact) mass is 498 g/mol. The molecule has 0 atom stereocenters. The number of carbonyl (C=O) groups excluding carboxylic acids is 1. The van der Waals surface area contributed by atoms with Crippen LogP contribution in [0.4, 0.5) is 0 Å². The summed E-state index contributed by atoms with van der Waals surface area (Å²) in [5.41, 5.74) is 2.14. The van der Waals surface area contributed by atoms with E-state index in [0.29, 0.717) is 42.3 Å². The van der Waals surface area contributed by atoms with E-state index in [4.69, 9.17) is 9.72 Å². The molecular formula is C25H30N4O3S2. The molecule has 5 rings (SSSR count). The molecule has 9 heteroatoms. The van der Waals surface area contributed by atoms with Gasteiger partial charge in [0.25, 0.3) is 5.56 Å². The van der Waals surface area contributed by atoms with E-state index in [-0.39, 0.29) is 11.5 Å². The number of aromatic amines is 1. The number of nitrogens with one attached hydrogen (secondary N) is 2. The maximum Gasteiger partial charge on any atom is 0.259 e. The highest BCUT2D eigenvalue weighted by molar-refractivity contribution is 7.98. The van der Waals surface area contributed by atoms with E-state index < -0.39 is 0 Å². The smallest absolute Gasteiger partial charge is 0.259 e. The second-order valence-corrected chi connectivity index (χ2v) is 11.2. The summed E-state index contributed by atoms with van der Waals surface area (Å²) in [6.07, 6.45) is 11.5. The summed E-state index contributed by atoms with van der Waals surface area (Å²) in [6.45, 7) is 0.453. The molecule has 2 aliphatic rings. The number of thiophene rings is 1. The molecule has 1 fully saturated rings. The third kappa shape index (κ3) is 5.63. The highest BCUT2D eigenvalue weighted by Gasteiger charge is 2.20. The Bertz CT molecular complexity index is 1200. The molecule has 3 heterocycles. The molecule has 0 radical (unpaired) electrons. The molecular weight excluding hydrogens is 468 g/mol.